The molecule has 1 saturated heterocycles. The molecule has 0 aliphatic carbocycles. The number of likely N-dealkylation sites (tertiary alicyclic amines) is 1. The van der Waals surface area contributed by atoms with Crippen molar-refractivity contribution in [3.63, 3.8) is 0 Å². The van der Waals surface area contributed by atoms with Crippen molar-refractivity contribution in [2.75, 3.05) is 40.3 Å². The van der Waals surface area contributed by atoms with Crippen molar-refractivity contribution in [2.24, 2.45) is 10.9 Å². The quantitative estimate of drug-likeness (QED) is 0.305. The van der Waals surface area contributed by atoms with Crippen LogP contribution in [0.15, 0.2) is 4.99 Å². The number of amides is 2. The third-order valence-corrected chi connectivity index (χ3v) is 4.09. The van der Waals surface area contributed by atoms with Crippen LogP contribution in [0.2, 0.25) is 0 Å². The van der Waals surface area contributed by atoms with Crippen LogP contribution in [0.4, 0.5) is 0 Å². The molecular formula is C16H32IN5O2. The van der Waals surface area contributed by atoms with Gasteiger partial charge in [0.25, 0.3) is 0 Å². The zero-order valence-electron chi connectivity index (χ0n) is 15.1. The first-order chi connectivity index (χ1) is 11.1. The van der Waals surface area contributed by atoms with Crippen molar-refractivity contribution in [3.05, 3.63) is 0 Å². The Bertz CT molecular complexity index is 409. The van der Waals surface area contributed by atoms with Gasteiger partial charge in [0.2, 0.25) is 11.8 Å². The maximum atomic E-state index is 11.6. The van der Waals surface area contributed by atoms with E-state index in [9.17, 15) is 9.59 Å². The van der Waals surface area contributed by atoms with Crippen molar-refractivity contribution in [2.45, 2.75) is 39.0 Å². The highest BCUT2D eigenvalue weighted by Gasteiger charge is 2.22. The van der Waals surface area contributed by atoms with Gasteiger partial charge in [-0.3, -0.25) is 14.6 Å². The lowest BCUT2D eigenvalue weighted by Crippen LogP contribution is -2.46. The summed E-state index contributed by atoms with van der Waals surface area (Å²) in [6.07, 6.45) is 3.99. The van der Waals surface area contributed by atoms with Gasteiger partial charge in [0.1, 0.15) is 0 Å². The lowest BCUT2D eigenvalue weighted by atomic mass is 9.93. The van der Waals surface area contributed by atoms with E-state index in [1.54, 1.807) is 14.1 Å². The van der Waals surface area contributed by atoms with E-state index in [1.165, 1.54) is 0 Å². The van der Waals surface area contributed by atoms with Gasteiger partial charge in [0.05, 0.1) is 0 Å². The maximum absolute atomic E-state index is 11.6. The van der Waals surface area contributed by atoms with Gasteiger partial charge in [0, 0.05) is 53.1 Å². The molecule has 1 aliphatic heterocycles. The minimum Gasteiger partial charge on any atom is -0.359 e. The molecule has 24 heavy (non-hydrogen) atoms. The average Bonchev–Trinajstić information content (AvgIpc) is 2.57. The number of hydrogen-bond acceptors (Lipinski definition) is 3. The summed E-state index contributed by atoms with van der Waals surface area (Å²) in [5, 5.41) is 8.80. The minimum absolute atomic E-state index is 0. The highest BCUT2D eigenvalue weighted by molar-refractivity contribution is 14.0. The fourth-order valence-corrected chi connectivity index (χ4v) is 2.69. The Morgan fingerprint density at radius 3 is 2.33 bits per heavy atom. The molecule has 3 N–H and O–H groups in total. The van der Waals surface area contributed by atoms with Crippen LogP contribution in [0, 0.1) is 5.92 Å². The molecule has 2 amide bonds. The number of nitrogens with one attached hydrogen (secondary N) is 3. The number of rotatable bonds is 7. The van der Waals surface area contributed by atoms with Crippen molar-refractivity contribution in [1.29, 1.82) is 0 Å². The number of carbonyl (C=O) groups is 2. The topological polar surface area (TPSA) is 85.8 Å². The minimum atomic E-state index is 0. The first kappa shape index (κ1) is 22.9. The molecule has 1 aliphatic rings. The first-order valence-electron chi connectivity index (χ1n) is 8.53. The number of piperidine rings is 1. The van der Waals surface area contributed by atoms with Crippen LogP contribution in [0.5, 0.6) is 0 Å². The van der Waals surface area contributed by atoms with Crippen LogP contribution in [-0.4, -0.2) is 62.9 Å². The third-order valence-electron chi connectivity index (χ3n) is 4.09. The van der Waals surface area contributed by atoms with E-state index in [0.717, 1.165) is 44.9 Å². The highest BCUT2D eigenvalue weighted by Crippen LogP contribution is 2.20. The van der Waals surface area contributed by atoms with Crippen molar-refractivity contribution in [3.8, 4) is 0 Å². The van der Waals surface area contributed by atoms with Crippen LogP contribution in [0.25, 0.3) is 0 Å². The summed E-state index contributed by atoms with van der Waals surface area (Å²) in [5.41, 5.74) is 0. The molecule has 0 aromatic carbocycles. The molecule has 0 bridgehead atoms. The predicted molar refractivity (Wildman–Crippen MR) is 108 cm³/mol. The highest BCUT2D eigenvalue weighted by atomic mass is 127. The molecule has 8 heteroatoms. The predicted octanol–water partition coefficient (Wildman–Crippen LogP) is 0.944. The second kappa shape index (κ2) is 13.3. The standard InChI is InChI=1S/C16H31N5O2.HI/c1-4-8-19-14(22)5-9-20-16(18-3)21-10-6-13(7-11-21)12-15(23)17-2;/h13H,4-12H2,1-3H3,(H,17,23)(H,18,20)(H,19,22);1H. The van der Waals surface area contributed by atoms with Crippen molar-refractivity contribution in [1.82, 2.24) is 20.9 Å². The van der Waals surface area contributed by atoms with Gasteiger partial charge < -0.3 is 20.9 Å². The Kier molecular flexibility index (Phi) is 12.7. The molecule has 7 nitrogen and oxygen atoms in total. The van der Waals surface area contributed by atoms with Gasteiger partial charge >= 0.3 is 0 Å². The molecule has 0 atom stereocenters. The summed E-state index contributed by atoms with van der Waals surface area (Å²) in [7, 11) is 3.44. The summed E-state index contributed by atoms with van der Waals surface area (Å²) in [6, 6.07) is 0. The molecule has 140 valence electrons. The number of halogens is 1. The smallest absolute Gasteiger partial charge is 0.221 e. The molecule has 1 heterocycles. The second-order valence-electron chi connectivity index (χ2n) is 5.88. The van der Waals surface area contributed by atoms with Gasteiger partial charge in [-0.15, -0.1) is 24.0 Å². The van der Waals surface area contributed by atoms with Gasteiger partial charge in [-0.05, 0) is 25.2 Å². The normalized spacial score (nSPS) is 15.5. The Morgan fingerprint density at radius 2 is 1.79 bits per heavy atom. The fraction of sp³-hybridized carbons (Fsp3) is 0.812. The van der Waals surface area contributed by atoms with Crippen LogP contribution < -0.4 is 16.0 Å². The Morgan fingerprint density at radius 1 is 1.12 bits per heavy atom. The molecule has 1 rings (SSSR count). The molecule has 0 saturated carbocycles. The van der Waals surface area contributed by atoms with Gasteiger partial charge in [-0.1, -0.05) is 6.92 Å². The summed E-state index contributed by atoms with van der Waals surface area (Å²) >= 11 is 0. The van der Waals surface area contributed by atoms with E-state index < -0.39 is 0 Å². The summed E-state index contributed by atoms with van der Waals surface area (Å²) in [5.74, 6) is 1.47. The number of hydrogen-bond donors (Lipinski definition) is 3. The number of carbonyl (C=O) groups excluding carboxylic acids is 2. The lowest BCUT2D eigenvalue weighted by molar-refractivity contribution is -0.122. The number of nitrogens with zero attached hydrogens (tertiary/aromatic N) is 2. The Hall–Kier alpha value is -1.06. The van der Waals surface area contributed by atoms with Crippen LogP contribution in [-0.2, 0) is 9.59 Å². The second-order valence-corrected chi connectivity index (χ2v) is 5.88. The zero-order chi connectivity index (χ0) is 17.1. The number of aliphatic imine (C=N–C) groups is 1. The Balaban J connectivity index is 0.00000529. The van der Waals surface area contributed by atoms with E-state index in [-0.39, 0.29) is 35.8 Å². The molecule has 1 fully saturated rings. The SMILES string of the molecule is CCCNC(=O)CCNC(=NC)N1CCC(CC(=O)NC)CC1.I. The van der Waals surface area contributed by atoms with Crippen LogP contribution in [0.3, 0.4) is 0 Å². The lowest BCUT2D eigenvalue weighted by Gasteiger charge is -2.34. The summed E-state index contributed by atoms with van der Waals surface area (Å²) < 4.78 is 0. The largest absolute Gasteiger partial charge is 0.359 e. The van der Waals surface area contributed by atoms with E-state index >= 15 is 0 Å². The van der Waals surface area contributed by atoms with E-state index in [1.807, 2.05) is 6.92 Å². The van der Waals surface area contributed by atoms with Crippen molar-refractivity contribution >= 4 is 41.8 Å². The van der Waals surface area contributed by atoms with E-state index in [0.29, 0.717) is 25.3 Å². The van der Waals surface area contributed by atoms with E-state index in [4.69, 9.17) is 0 Å². The average molecular weight is 453 g/mol. The molecule has 0 aromatic rings. The van der Waals surface area contributed by atoms with Crippen LogP contribution >= 0.6 is 24.0 Å². The van der Waals surface area contributed by atoms with Gasteiger partial charge in [0.15, 0.2) is 5.96 Å². The first-order valence-corrected chi connectivity index (χ1v) is 8.53. The Labute approximate surface area is 162 Å². The van der Waals surface area contributed by atoms with Gasteiger partial charge in [-0.25, -0.2) is 0 Å². The molecule has 0 unspecified atom stereocenters. The van der Waals surface area contributed by atoms with E-state index in [2.05, 4.69) is 25.8 Å². The summed E-state index contributed by atoms with van der Waals surface area (Å²) in [6.45, 7) is 5.13. The molecule has 0 spiro atoms. The maximum Gasteiger partial charge on any atom is 0.221 e. The summed E-state index contributed by atoms with van der Waals surface area (Å²) in [4.78, 5) is 29.5. The zero-order valence-corrected chi connectivity index (χ0v) is 17.4. The fourth-order valence-electron chi connectivity index (χ4n) is 2.69. The number of guanidine groups is 1. The molecular weight excluding hydrogens is 421 g/mol. The van der Waals surface area contributed by atoms with Gasteiger partial charge in [-0.2, -0.15) is 0 Å². The van der Waals surface area contributed by atoms with Crippen LogP contribution in [0.1, 0.15) is 39.0 Å². The molecule has 0 aromatic heterocycles. The third kappa shape index (κ3) is 8.70. The monoisotopic (exact) mass is 453 g/mol. The molecule has 0 radical (unpaired) electrons. The van der Waals surface area contributed by atoms with Crippen molar-refractivity contribution < 1.29 is 9.59 Å².